The lowest BCUT2D eigenvalue weighted by Crippen LogP contribution is -2.43. The summed E-state index contributed by atoms with van der Waals surface area (Å²) in [7, 11) is 0. The summed E-state index contributed by atoms with van der Waals surface area (Å²) >= 11 is 0. The monoisotopic (exact) mass is 338 g/mol. The molecule has 0 spiro atoms. The maximum Gasteiger partial charge on any atom is 0.224 e. The molecule has 25 heavy (non-hydrogen) atoms. The molecule has 0 radical (unpaired) electrons. The van der Waals surface area contributed by atoms with Gasteiger partial charge in [-0.05, 0) is 25.3 Å². The van der Waals surface area contributed by atoms with E-state index in [1.54, 1.807) is 6.20 Å². The molecule has 0 bridgehead atoms. The van der Waals surface area contributed by atoms with Crippen molar-refractivity contribution in [1.29, 1.82) is 0 Å². The van der Waals surface area contributed by atoms with E-state index >= 15 is 0 Å². The highest BCUT2D eigenvalue weighted by Crippen LogP contribution is 2.23. The normalized spacial score (nSPS) is 17.3. The average molecular weight is 338 g/mol. The zero-order valence-corrected chi connectivity index (χ0v) is 14.8. The van der Waals surface area contributed by atoms with Crippen molar-refractivity contribution in [2.75, 3.05) is 24.5 Å². The van der Waals surface area contributed by atoms with Crippen molar-refractivity contribution in [2.24, 2.45) is 5.92 Å². The van der Waals surface area contributed by atoms with Gasteiger partial charge in [-0.2, -0.15) is 0 Å². The molecule has 1 aromatic heterocycles. The first-order chi connectivity index (χ1) is 12.3. The highest BCUT2D eigenvalue weighted by atomic mass is 16.1. The van der Waals surface area contributed by atoms with Gasteiger partial charge in [-0.1, -0.05) is 43.7 Å². The fourth-order valence-corrected chi connectivity index (χ4v) is 3.18. The molecule has 0 aliphatic carbocycles. The largest absolute Gasteiger partial charge is 0.356 e. The predicted molar refractivity (Wildman–Crippen MR) is 100 cm³/mol. The molecule has 1 atom stereocenters. The Labute approximate surface area is 149 Å². The Morgan fingerprint density at radius 1 is 1.28 bits per heavy atom. The zero-order chi connectivity index (χ0) is 17.5. The van der Waals surface area contributed by atoms with Crippen molar-refractivity contribution in [3.05, 3.63) is 42.6 Å². The lowest BCUT2D eigenvalue weighted by Gasteiger charge is -2.33. The lowest BCUT2D eigenvalue weighted by atomic mass is 9.97. The van der Waals surface area contributed by atoms with Crippen LogP contribution in [0.15, 0.2) is 42.6 Å². The van der Waals surface area contributed by atoms with Gasteiger partial charge in [-0.25, -0.2) is 9.97 Å². The van der Waals surface area contributed by atoms with Gasteiger partial charge in [0.05, 0.1) is 5.92 Å². The standard InChI is InChI=1S/C20H26N4O/c1-2-3-12-22-20(25)17-10-7-14-24(15-17)18-11-13-21-19(23-18)16-8-5-4-6-9-16/h4-6,8-9,11,13,17H,2-3,7,10,12,14-15H2,1H3,(H,22,25)/t17-/m1/s1. The van der Waals surface area contributed by atoms with Crippen molar-refractivity contribution in [2.45, 2.75) is 32.6 Å². The molecule has 132 valence electrons. The molecular weight excluding hydrogens is 312 g/mol. The number of carbonyl (C=O) groups excluding carboxylic acids is 1. The minimum Gasteiger partial charge on any atom is -0.356 e. The second-order valence-corrected chi connectivity index (χ2v) is 6.53. The third kappa shape index (κ3) is 4.56. The van der Waals surface area contributed by atoms with E-state index in [9.17, 15) is 4.79 Å². The maximum atomic E-state index is 12.4. The number of anilines is 1. The molecule has 1 saturated heterocycles. The third-order valence-electron chi connectivity index (χ3n) is 4.62. The van der Waals surface area contributed by atoms with Crippen LogP contribution in [0.4, 0.5) is 5.82 Å². The number of nitrogens with one attached hydrogen (secondary N) is 1. The summed E-state index contributed by atoms with van der Waals surface area (Å²) < 4.78 is 0. The van der Waals surface area contributed by atoms with Gasteiger partial charge >= 0.3 is 0 Å². The second-order valence-electron chi connectivity index (χ2n) is 6.53. The number of hydrogen-bond acceptors (Lipinski definition) is 4. The number of nitrogens with zero attached hydrogens (tertiary/aromatic N) is 3. The first kappa shape index (κ1) is 17.4. The SMILES string of the molecule is CCCCNC(=O)[C@@H]1CCCN(c2ccnc(-c3ccccc3)n2)C1. The Hall–Kier alpha value is -2.43. The van der Waals surface area contributed by atoms with Crippen LogP contribution < -0.4 is 10.2 Å². The van der Waals surface area contributed by atoms with Crippen molar-refractivity contribution >= 4 is 11.7 Å². The van der Waals surface area contributed by atoms with Crippen LogP contribution in [0.5, 0.6) is 0 Å². The minimum absolute atomic E-state index is 0.0424. The molecule has 1 amide bonds. The van der Waals surface area contributed by atoms with Gasteiger partial charge in [0.25, 0.3) is 0 Å². The van der Waals surface area contributed by atoms with Crippen LogP contribution in [-0.4, -0.2) is 35.5 Å². The van der Waals surface area contributed by atoms with E-state index in [1.165, 1.54) is 0 Å². The molecule has 3 rings (SSSR count). The van der Waals surface area contributed by atoms with E-state index in [0.29, 0.717) is 0 Å². The van der Waals surface area contributed by atoms with Crippen molar-refractivity contribution in [3.8, 4) is 11.4 Å². The van der Waals surface area contributed by atoms with Gasteiger partial charge < -0.3 is 10.2 Å². The molecule has 2 heterocycles. The number of rotatable bonds is 6. The first-order valence-corrected chi connectivity index (χ1v) is 9.19. The number of unbranched alkanes of at least 4 members (excludes halogenated alkanes) is 1. The Bertz CT molecular complexity index is 689. The Kier molecular flexibility index (Phi) is 5.99. The third-order valence-corrected chi connectivity index (χ3v) is 4.62. The Morgan fingerprint density at radius 2 is 2.12 bits per heavy atom. The molecule has 1 N–H and O–H groups in total. The van der Waals surface area contributed by atoms with Crippen molar-refractivity contribution < 1.29 is 4.79 Å². The average Bonchev–Trinajstić information content (AvgIpc) is 2.69. The number of hydrogen-bond donors (Lipinski definition) is 1. The molecule has 1 aliphatic heterocycles. The highest BCUT2D eigenvalue weighted by Gasteiger charge is 2.26. The number of piperidine rings is 1. The second kappa shape index (κ2) is 8.60. The fraction of sp³-hybridized carbons (Fsp3) is 0.450. The molecule has 1 aliphatic rings. The fourth-order valence-electron chi connectivity index (χ4n) is 3.18. The molecule has 0 saturated carbocycles. The van der Waals surface area contributed by atoms with Crippen LogP contribution in [0.2, 0.25) is 0 Å². The molecule has 0 unspecified atom stereocenters. The van der Waals surface area contributed by atoms with E-state index < -0.39 is 0 Å². The number of amides is 1. The summed E-state index contributed by atoms with van der Waals surface area (Å²) in [6.45, 7) is 4.57. The summed E-state index contributed by atoms with van der Waals surface area (Å²) in [6.07, 6.45) is 5.89. The summed E-state index contributed by atoms with van der Waals surface area (Å²) in [6, 6.07) is 11.9. The van der Waals surface area contributed by atoms with Gasteiger partial charge in [0.2, 0.25) is 5.91 Å². The summed E-state index contributed by atoms with van der Waals surface area (Å²) in [4.78, 5) is 23.7. The van der Waals surface area contributed by atoms with Gasteiger partial charge in [0, 0.05) is 31.4 Å². The Morgan fingerprint density at radius 3 is 2.92 bits per heavy atom. The van der Waals surface area contributed by atoms with Crippen LogP contribution in [0, 0.1) is 5.92 Å². The van der Waals surface area contributed by atoms with Gasteiger partial charge in [-0.3, -0.25) is 4.79 Å². The topological polar surface area (TPSA) is 58.1 Å². The predicted octanol–water partition coefficient (Wildman–Crippen LogP) is 3.28. The molecule has 5 nitrogen and oxygen atoms in total. The summed E-state index contributed by atoms with van der Waals surface area (Å²) in [5.41, 5.74) is 1.01. The van der Waals surface area contributed by atoms with E-state index in [4.69, 9.17) is 4.98 Å². The van der Waals surface area contributed by atoms with Crippen LogP contribution in [0.25, 0.3) is 11.4 Å². The minimum atomic E-state index is 0.0424. The van der Waals surface area contributed by atoms with Gasteiger partial charge in [0.1, 0.15) is 5.82 Å². The van der Waals surface area contributed by atoms with Crippen molar-refractivity contribution in [1.82, 2.24) is 15.3 Å². The smallest absolute Gasteiger partial charge is 0.224 e. The number of aromatic nitrogens is 2. The lowest BCUT2D eigenvalue weighted by molar-refractivity contribution is -0.125. The highest BCUT2D eigenvalue weighted by molar-refractivity contribution is 5.79. The molecule has 2 aromatic rings. The van der Waals surface area contributed by atoms with Crippen LogP contribution in [0.1, 0.15) is 32.6 Å². The number of benzene rings is 1. The van der Waals surface area contributed by atoms with E-state index in [2.05, 4.69) is 22.1 Å². The van der Waals surface area contributed by atoms with Crippen molar-refractivity contribution in [3.63, 3.8) is 0 Å². The first-order valence-electron chi connectivity index (χ1n) is 9.19. The number of carbonyl (C=O) groups is 1. The van der Waals surface area contributed by atoms with Gasteiger partial charge in [0.15, 0.2) is 5.82 Å². The van der Waals surface area contributed by atoms with E-state index in [-0.39, 0.29) is 11.8 Å². The van der Waals surface area contributed by atoms with E-state index in [0.717, 1.165) is 62.5 Å². The maximum absolute atomic E-state index is 12.4. The van der Waals surface area contributed by atoms with Crippen LogP contribution in [0.3, 0.4) is 0 Å². The molecular formula is C20H26N4O. The zero-order valence-electron chi connectivity index (χ0n) is 14.8. The summed E-state index contributed by atoms with van der Waals surface area (Å²) in [5.74, 6) is 1.85. The molecule has 5 heteroatoms. The van der Waals surface area contributed by atoms with Crippen LogP contribution in [-0.2, 0) is 4.79 Å². The Balaban J connectivity index is 1.68. The molecule has 1 aromatic carbocycles. The summed E-state index contributed by atoms with van der Waals surface area (Å²) in [5, 5.41) is 3.06. The van der Waals surface area contributed by atoms with Gasteiger partial charge in [-0.15, -0.1) is 0 Å². The molecule has 1 fully saturated rings. The quantitative estimate of drug-likeness (QED) is 0.821. The van der Waals surface area contributed by atoms with E-state index in [1.807, 2.05) is 36.4 Å². The van der Waals surface area contributed by atoms with Crippen LogP contribution >= 0.6 is 0 Å².